The fourth-order valence-corrected chi connectivity index (χ4v) is 5.15. The first-order chi connectivity index (χ1) is 14.6. The lowest BCUT2D eigenvalue weighted by molar-refractivity contribution is -0.0529. The molecule has 1 aliphatic heterocycles. The zero-order chi connectivity index (χ0) is 20.6. The number of likely N-dealkylation sites (tertiary alicyclic amines) is 1. The van der Waals surface area contributed by atoms with Gasteiger partial charge in [-0.25, -0.2) is 19.9 Å². The van der Waals surface area contributed by atoms with Crippen LogP contribution in [0.1, 0.15) is 67.3 Å². The van der Waals surface area contributed by atoms with E-state index >= 15 is 0 Å². The van der Waals surface area contributed by atoms with Gasteiger partial charge in [0, 0.05) is 48.9 Å². The predicted molar refractivity (Wildman–Crippen MR) is 111 cm³/mol. The molecule has 2 saturated carbocycles. The molecule has 3 fully saturated rings. The summed E-state index contributed by atoms with van der Waals surface area (Å²) < 4.78 is 0. The van der Waals surface area contributed by atoms with E-state index in [-0.39, 0.29) is 23.0 Å². The number of rotatable bonds is 4. The maximum absolute atomic E-state index is 13.1. The van der Waals surface area contributed by atoms with Crippen LogP contribution in [0.2, 0.25) is 0 Å². The quantitative estimate of drug-likeness (QED) is 0.801. The number of nitrogens with one attached hydrogen (secondary N) is 1. The molecule has 2 aromatic rings. The van der Waals surface area contributed by atoms with Crippen LogP contribution >= 0.6 is 0 Å². The molecule has 3 aliphatic rings. The number of anilines is 1. The van der Waals surface area contributed by atoms with Crippen molar-refractivity contribution in [3.8, 4) is 0 Å². The van der Waals surface area contributed by atoms with Gasteiger partial charge >= 0.3 is 0 Å². The Morgan fingerprint density at radius 1 is 1.03 bits per heavy atom. The number of aliphatic hydroxyl groups excluding tert-OH is 1. The molecule has 1 unspecified atom stereocenters. The van der Waals surface area contributed by atoms with Crippen LogP contribution in [-0.4, -0.2) is 55.0 Å². The van der Waals surface area contributed by atoms with Gasteiger partial charge in [-0.15, -0.1) is 0 Å². The van der Waals surface area contributed by atoms with Crippen LogP contribution in [-0.2, 0) is 5.54 Å². The van der Waals surface area contributed by atoms with Gasteiger partial charge in [-0.2, -0.15) is 0 Å². The number of hydrogen-bond acceptors (Lipinski definition) is 7. The number of carbonyl (C=O) groups is 1. The van der Waals surface area contributed by atoms with Crippen LogP contribution in [0.15, 0.2) is 31.1 Å². The number of aromatic nitrogens is 4. The number of nitrogens with zero attached hydrogens (tertiary/aromatic N) is 5. The molecule has 8 heteroatoms. The second kappa shape index (κ2) is 7.58. The molecule has 3 heterocycles. The first-order valence-corrected chi connectivity index (χ1v) is 10.9. The molecule has 0 bridgehead atoms. The normalized spacial score (nSPS) is 27.6. The third-order valence-corrected chi connectivity index (χ3v) is 7.12. The van der Waals surface area contributed by atoms with Crippen LogP contribution in [0.3, 0.4) is 0 Å². The molecule has 0 radical (unpaired) electrons. The number of aliphatic hydroxyl groups is 1. The van der Waals surface area contributed by atoms with Crippen LogP contribution in [0.25, 0.3) is 0 Å². The number of piperidine rings is 1. The highest BCUT2D eigenvalue weighted by Crippen LogP contribution is 2.47. The fourth-order valence-electron chi connectivity index (χ4n) is 5.15. The standard InChI is InChI=1S/C22H28N6O2/c29-18-4-1-2-5-21(18)6-3-9-28(14-21)19(30)16-10-25-20(26-11-16)27-22(7-8-22)17-12-23-15-24-13-17/h10-13,15,18,29H,1-9,14H2,(H,25,26,27)/t18-,21?/m0/s1. The summed E-state index contributed by atoms with van der Waals surface area (Å²) in [6.07, 6.45) is 16.0. The monoisotopic (exact) mass is 408 g/mol. The van der Waals surface area contributed by atoms with Crippen molar-refractivity contribution in [2.45, 2.75) is 63.0 Å². The Kier molecular flexibility index (Phi) is 4.89. The lowest BCUT2D eigenvalue weighted by atomic mass is 9.67. The van der Waals surface area contributed by atoms with Gasteiger partial charge in [0.25, 0.3) is 5.91 Å². The Balaban J connectivity index is 1.27. The van der Waals surface area contributed by atoms with Crippen molar-refractivity contribution in [2.75, 3.05) is 18.4 Å². The molecule has 1 saturated heterocycles. The van der Waals surface area contributed by atoms with Crippen molar-refractivity contribution in [3.05, 3.63) is 42.2 Å². The second-order valence-electron chi connectivity index (χ2n) is 9.08. The summed E-state index contributed by atoms with van der Waals surface area (Å²) in [6, 6.07) is 0. The van der Waals surface area contributed by atoms with E-state index in [1.54, 1.807) is 12.4 Å². The lowest BCUT2D eigenvalue weighted by Crippen LogP contribution is -2.52. The third-order valence-electron chi connectivity index (χ3n) is 7.12. The average molecular weight is 409 g/mol. The topological polar surface area (TPSA) is 104 Å². The van der Waals surface area contributed by atoms with E-state index in [0.717, 1.165) is 63.5 Å². The summed E-state index contributed by atoms with van der Waals surface area (Å²) in [5, 5.41) is 14.0. The molecule has 2 aliphatic carbocycles. The van der Waals surface area contributed by atoms with Gasteiger partial charge in [-0.05, 0) is 38.5 Å². The second-order valence-corrected chi connectivity index (χ2v) is 9.08. The maximum atomic E-state index is 13.1. The van der Waals surface area contributed by atoms with Gasteiger partial charge in [0.05, 0.1) is 17.2 Å². The molecule has 2 N–H and O–H groups in total. The minimum Gasteiger partial charge on any atom is -0.392 e. The van der Waals surface area contributed by atoms with Gasteiger partial charge < -0.3 is 15.3 Å². The molecule has 2 aromatic heterocycles. The van der Waals surface area contributed by atoms with Gasteiger partial charge in [-0.3, -0.25) is 4.79 Å². The van der Waals surface area contributed by atoms with Gasteiger partial charge in [0.2, 0.25) is 5.95 Å². The molecule has 1 spiro atoms. The van der Waals surface area contributed by atoms with Crippen molar-refractivity contribution in [1.82, 2.24) is 24.8 Å². The Morgan fingerprint density at radius 3 is 2.47 bits per heavy atom. The zero-order valence-corrected chi connectivity index (χ0v) is 17.1. The smallest absolute Gasteiger partial charge is 0.257 e. The fraction of sp³-hybridized carbons (Fsp3) is 0.591. The lowest BCUT2D eigenvalue weighted by Gasteiger charge is -2.48. The summed E-state index contributed by atoms with van der Waals surface area (Å²) in [5.41, 5.74) is 1.18. The van der Waals surface area contributed by atoms with Gasteiger partial charge in [-0.1, -0.05) is 12.8 Å². The van der Waals surface area contributed by atoms with E-state index in [2.05, 4.69) is 25.3 Å². The van der Waals surface area contributed by atoms with Crippen molar-refractivity contribution in [1.29, 1.82) is 0 Å². The van der Waals surface area contributed by atoms with Crippen LogP contribution < -0.4 is 5.32 Å². The van der Waals surface area contributed by atoms with Crippen LogP contribution in [0, 0.1) is 5.41 Å². The van der Waals surface area contributed by atoms with E-state index in [0.29, 0.717) is 18.1 Å². The third kappa shape index (κ3) is 3.53. The first-order valence-electron chi connectivity index (χ1n) is 10.9. The summed E-state index contributed by atoms with van der Waals surface area (Å²) in [7, 11) is 0. The average Bonchev–Trinajstić information content (AvgIpc) is 3.57. The van der Waals surface area contributed by atoms with Crippen LogP contribution in [0.5, 0.6) is 0 Å². The summed E-state index contributed by atoms with van der Waals surface area (Å²) in [4.78, 5) is 32.0. The van der Waals surface area contributed by atoms with E-state index < -0.39 is 0 Å². The molecule has 2 atom stereocenters. The van der Waals surface area contributed by atoms with Crippen molar-refractivity contribution in [3.63, 3.8) is 0 Å². The van der Waals surface area contributed by atoms with E-state index in [1.807, 2.05) is 17.3 Å². The molecule has 30 heavy (non-hydrogen) atoms. The van der Waals surface area contributed by atoms with E-state index in [4.69, 9.17) is 0 Å². The predicted octanol–water partition coefficient (Wildman–Crippen LogP) is 2.53. The highest BCUT2D eigenvalue weighted by molar-refractivity contribution is 5.93. The van der Waals surface area contributed by atoms with Crippen molar-refractivity contribution in [2.24, 2.45) is 5.41 Å². The largest absolute Gasteiger partial charge is 0.392 e. The number of amides is 1. The Labute approximate surface area is 176 Å². The Morgan fingerprint density at radius 2 is 1.77 bits per heavy atom. The van der Waals surface area contributed by atoms with Crippen molar-refractivity contribution < 1.29 is 9.90 Å². The number of carbonyl (C=O) groups excluding carboxylic acids is 1. The zero-order valence-electron chi connectivity index (χ0n) is 17.1. The summed E-state index contributed by atoms with van der Waals surface area (Å²) >= 11 is 0. The highest BCUT2D eigenvalue weighted by atomic mass is 16.3. The molecule has 5 rings (SSSR count). The molecule has 8 nitrogen and oxygen atoms in total. The Hall–Kier alpha value is -2.61. The van der Waals surface area contributed by atoms with E-state index in [9.17, 15) is 9.90 Å². The summed E-state index contributed by atoms with van der Waals surface area (Å²) in [5.74, 6) is 0.460. The minimum absolute atomic E-state index is 0.0454. The molecule has 158 valence electrons. The minimum atomic E-state index is -0.304. The first kappa shape index (κ1) is 19.4. The number of hydrogen-bond donors (Lipinski definition) is 2. The SMILES string of the molecule is O=C(c1cnc(NC2(c3cncnc3)CC2)nc1)N1CCCC2(CCCC[C@@H]2O)C1. The van der Waals surface area contributed by atoms with Gasteiger partial charge in [0.15, 0.2) is 0 Å². The van der Waals surface area contributed by atoms with Crippen LogP contribution in [0.4, 0.5) is 5.95 Å². The Bertz CT molecular complexity index is 898. The highest BCUT2D eigenvalue weighted by Gasteiger charge is 2.46. The van der Waals surface area contributed by atoms with Crippen molar-refractivity contribution >= 4 is 11.9 Å². The van der Waals surface area contributed by atoms with E-state index in [1.165, 1.54) is 6.33 Å². The molecule has 0 aromatic carbocycles. The molecule has 1 amide bonds. The van der Waals surface area contributed by atoms with Gasteiger partial charge in [0.1, 0.15) is 6.33 Å². The molecular formula is C22H28N6O2. The summed E-state index contributed by atoms with van der Waals surface area (Å²) in [6.45, 7) is 1.36. The molecular weight excluding hydrogens is 380 g/mol. The maximum Gasteiger partial charge on any atom is 0.257 e.